The van der Waals surface area contributed by atoms with Crippen molar-refractivity contribution in [3.63, 3.8) is 0 Å². The van der Waals surface area contributed by atoms with Crippen molar-refractivity contribution in [2.45, 2.75) is 39.2 Å². The van der Waals surface area contributed by atoms with Crippen molar-refractivity contribution < 1.29 is 4.79 Å². The van der Waals surface area contributed by atoms with Gasteiger partial charge in [0.05, 0.1) is 12.1 Å². The maximum atomic E-state index is 12.2. The van der Waals surface area contributed by atoms with Crippen molar-refractivity contribution in [3.05, 3.63) is 53.9 Å². The lowest BCUT2D eigenvalue weighted by molar-refractivity contribution is -0.119. The molecule has 0 saturated carbocycles. The van der Waals surface area contributed by atoms with Crippen LogP contribution in [0.4, 0.5) is 0 Å². The fourth-order valence-corrected chi connectivity index (χ4v) is 2.02. The molecule has 19 heavy (non-hydrogen) atoms. The number of benzene rings is 1. The molecule has 3 nitrogen and oxygen atoms in total. The molecule has 100 valence electrons. The van der Waals surface area contributed by atoms with Gasteiger partial charge in [-0.3, -0.25) is 9.48 Å². The van der Waals surface area contributed by atoms with E-state index in [0.717, 1.165) is 11.3 Å². The van der Waals surface area contributed by atoms with Crippen molar-refractivity contribution in [3.8, 4) is 0 Å². The first kappa shape index (κ1) is 13.5. The summed E-state index contributed by atoms with van der Waals surface area (Å²) in [6, 6.07) is 12.1. The maximum Gasteiger partial charge on any atom is 0.146 e. The van der Waals surface area contributed by atoms with Gasteiger partial charge in [-0.1, -0.05) is 37.3 Å². The maximum absolute atomic E-state index is 12.2. The van der Waals surface area contributed by atoms with Gasteiger partial charge in [0, 0.05) is 18.2 Å². The smallest absolute Gasteiger partial charge is 0.146 e. The SMILES string of the molecule is CC(C(=O)Cc1ccn(C(C)C)n1)c1ccccc1. The summed E-state index contributed by atoms with van der Waals surface area (Å²) in [4.78, 5) is 12.2. The predicted molar refractivity (Wildman–Crippen MR) is 76.2 cm³/mol. The molecule has 0 aliphatic rings. The first-order chi connectivity index (χ1) is 9.08. The Bertz CT molecular complexity index is 543. The van der Waals surface area contributed by atoms with Crippen molar-refractivity contribution in [2.24, 2.45) is 0 Å². The number of ketones is 1. The summed E-state index contributed by atoms with van der Waals surface area (Å²) in [5, 5.41) is 4.42. The normalized spacial score (nSPS) is 12.6. The summed E-state index contributed by atoms with van der Waals surface area (Å²) >= 11 is 0. The van der Waals surface area contributed by atoms with Gasteiger partial charge in [-0.15, -0.1) is 0 Å². The van der Waals surface area contributed by atoms with Crippen LogP contribution >= 0.6 is 0 Å². The topological polar surface area (TPSA) is 34.9 Å². The van der Waals surface area contributed by atoms with Crippen molar-refractivity contribution in [1.82, 2.24) is 9.78 Å². The first-order valence-corrected chi connectivity index (χ1v) is 6.69. The van der Waals surface area contributed by atoms with Crippen molar-refractivity contribution >= 4 is 5.78 Å². The van der Waals surface area contributed by atoms with Crippen LogP contribution in [0.25, 0.3) is 0 Å². The molecule has 0 N–H and O–H groups in total. The van der Waals surface area contributed by atoms with Gasteiger partial charge < -0.3 is 0 Å². The zero-order valence-corrected chi connectivity index (χ0v) is 11.7. The molecule has 1 atom stereocenters. The highest BCUT2D eigenvalue weighted by Crippen LogP contribution is 2.17. The lowest BCUT2D eigenvalue weighted by Crippen LogP contribution is -2.13. The van der Waals surface area contributed by atoms with Crippen LogP contribution < -0.4 is 0 Å². The van der Waals surface area contributed by atoms with Gasteiger partial charge >= 0.3 is 0 Å². The third kappa shape index (κ3) is 3.31. The minimum atomic E-state index is -0.0783. The van der Waals surface area contributed by atoms with E-state index in [2.05, 4.69) is 18.9 Å². The van der Waals surface area contributed by atoms with Crippen LogP contribution in [0.5, 0.6) is 0 Å². The summed E-state index contributed by atoms with van der Waals surface area (Å²) in [6.45, 7) is 6.10. The molecule has 1 unspecified atom stereocenters. The largest absolute Gasteiger partial charge is 0.299 e. The summed E-state index contributed by atoms with van der Waals surface area (Å²) < 4.78 is 1.88. The molecule has 0 spiro atoms. The number of carbonyl (C=O) groups excluding carboxylic acids is 1. The van der Waals surface area contributed by atoms with E-state index in [9.17, 15) is 4.79 Å². The Hall–Kier alpha value is -1.90. The van der Waals surface area contributed by atoms with E-state index < -0.39 is 0 Å². The molecule has 0 aliphatic carbocycles. The average Bonchev–Trinajstić information content (AvgIpc) is 2.87. The molecule has 2 aromatic rings. The lowest BCUT2D eigenvalue weighted by Gasteiger charge is -2.09. The summed E-state index contributed by atoms with van der Waals surface area (Å²) in [7, 11) is 0. The van der Waals surface area contributed by atoms with Gasteiger partial charge in [0.1, 0.15) is 5.78 Å². The van der Waals surface area contributed by atoms with Crippen LogP contribution in [0.2, 0.25) is 0 Å². The zero-order chi connectivity index (χ0) is 13.8. The van der Waals surface area contributed by atoms with E-state index in [1.165, 1.54) is 0 Å². The standard InChI is InChI=1S/C16H20N2O/c1-12(2)18-10-9-15(17-18)11-16(19)13(3)14-7-5-4-6-8-14/h4-10,12-13H,11H2,1-3H3. The Morgan fingerprint density at radius 2 is 1.84 bits per heavy atom. The molecule has 0 fully saturated rings. The number of nitrogens with zero attached hydrogens (tertiary/aromatic N) is 2. The molecular weight excluding hydrogens is 236 g/mol. The molecule has 0 bridgehead atoms. The van der Waals surface area contributed by atoms with Crippen molar-refractivity contribution in [1.29, 1.82) is 0 Å². The Labute approximate surface area is 114 Å². The second-order valence-corrected chi connectivity index (χ2v) is 5.16. The van der Waals surface area contributed by atoms with Gasteiger partial charge in [0.15, 0.2) is 0 Å². The number of rotatable bonds is 5. The minimum Gasteiger partial charge on any atom is -0.299 e. The monoisotopic (exact) mass is 256 g/mol. The van der Waals surface area contributed by atoms with E-state index >= 15 is 0 Å². The molecular formula is C16H20N2O. The molecule has 1 heterocycles. The van der Waals surface area contributed by atoms with Crippen LogP contribution in [0.15, 0.2) is 42.6 Å². The molecule has 1 aromatic heterocycles. The van der Waals surface area contributed by atoms with Gasteiger partial charge in [0.2, 0.25) is 0 Å². The highest BCUT2D eigenvalue weighted by Gasteiger charge is 2.16. The molecule has 0 aliphatic heterocycles. The Kier molecular flexibility index (Phi) is 4.15. The molecule has 0 amide bonds. The number of aromatic nitrogens is 2. The van der Waals surface area contributed by atoms with Crippen LogP contribution in [-0.4, -0.2) is 15.6 Å². The van der Waals surface area contributed by atoms with Gasteiger partial charge in [-0.2, -0.15) is 5.10 Å². The van der Waals surface area contributed by atoms with Crippen LogP contribution in [0.3, 0.4) is 0 Å². The van der Waals surface area contributed by atoms with E-state index in [1.807, 2.05) is 54.2 Å². The van der Waals surface area contributed by atoms with Gasteiger partial charge in [0.25, 0.3) is 0 Å². The number of Topliss-reactive ketones (excluding diaryl/α,β-unsaturated/α-hetero) is 1. The fraction of sp³-hybridized carbons (Fsp3) is 0.375. The molecule has 2 rings (SSSR count). The summed E-state index contributed by atoms with van der Waals surface area (Å²) in [5.41, 5.74) is 1.91. The van der Waals surface area contributed by atoms with Gasteiger partial charge in [-0.25, -0.2) is 0 Å². The minimum absolute atomic E-state index is 0.0783. The van der Waals surface area contributed by atoms with E-state index in [1.54, 1.807) is 0 Å². The highest BCUT2D eigenvalue weighted by molar-refractivity contribution is 5.86. The molecule has 0 saturated heterocycles. The molecule has 3 heteroatoms. The third-order valence-corrected chi connectivity index (χ3v) is 3.33. The van der Waals surface area contributed by atoms with E-state index in [4.69, 9.17) is 0 Å². The first-order valence-electron chi connectivity index (χ1n) is 6.69. The highest BCUT2D eigenvalue weighted by atomic mass is 16.1. The van der Waals surface area contributed by atoms with Gasteiger partial charge in [-0.05, 0) is 25.5 Å². The molecule has 1 aromatic carbocycles. The zero-order valence-electron chi connectivity index (χ0n) is 11.7. The number of hydrogen-bond donors (Lipinski definition) is 0. The second kappa shape index (κ2) is 5.83. The quantitative estimate of drug-likeness (QED) is 0.822. The predicted octanol–water partition coefficient (Wildman–Crippen LogP) is 3.38. The Balaban J connectivity index is 2.04. The number of hydrogen-bond acceptors (Lipinski definition) is 2. The fourth-order valence-electron chi connectivity index (χ4n) is 2.02. The number of carbonyl (C=O) groups is 1. The summed E-state index contributed by atoms with van der Waals surface area (Å²) in [6.07, 6.45) is 2.33. The second-order valence-electron chi connectivity index (χ2n) is 5.16. The Morgan fingerprint density at radius 1 is 1.16 bits per heavy atom. The lowest BCUT2D eigenvalue weighted by atomic mass is 9.94. The van der Waals surface area contributed by atoms with Crippen LogP contribution in [0.1, 0.15) is 44.0 Å². The third-order valence-electron chi connectivity index (χ3n) is 3.33. The van der Waals surface area contributed by atoms with Crippen LogP contribution in [-0.2, 0) is 11.2 Å². The summed E-state index contributed by atoms with van der Waals surface area (Å²) in [5.74, 6) is 0.130. The van der Waals surface area contributed by atoms with E-state index in [0.29, 0.717) is 12.5 Å². The van der Waals surface area contributed by atoms with Crippen molar-refractivity contribution in [2.75, 3.05) is 0 Å². The Morgan fingerprint density at radius 3 is 2.42 bits per heavy atom. The van der Waals surface area contributed by atoms with Crippen LogP contribution in [0, 0.1) is 0 Å². The average molecular weight is 256 g/mol. The molecule has 0 radical (unpaired) electrons. The van der Waals surface area contributed by atoms with E-state index in [-0.39, 0.29) is 11.7 Å².